The van der Waals surface area contributed by atoms with Gasteiger partial charge in [-0.15, -0.1) is 0 Å². The van der Waals surface area contributed by atoms with Crippen molar-refractivity contribution in [3.8, 4) is 0 Å². The maximum atomic E-state index is 12.6. The van der Waals surface area contributed by atoms with Crippen molar-refractivity contribution in [2.75, 3.05) is 37.5 Å². The van der Waals surface area contributed by atoms with Gasteiger partial charge in [0.1, 0.15) is 6.04 Å². The first-order chi connectivity index (χ1) is 15.3. The Hall–Kier alpha value is -2.45. The van der Waals surface area contributed by atoms with Crippen LogP contribution >= 0.6 is 23.5 Å². The summed E-state index contributed by atoms with van der Waals surface area (Å²) in [4.78, 5) is 39.2. The molecule has 0 radical (unpaired) electrons. The second kappa shape index (κ2) is 13.2. The van der Waals surface area contributed by atoms with Crippen LogP contribution in [-0.2, 0) is 15.3 Å². The summed E-state index contributed by atoms with van der Waals surface area (Å²) >= 11 is 2.71. The Kier molecular flexibility index (Phi) is 10.6. The van der Waals surface area contributed by atoms with E-state index >= 15 is 0 Å². The Morgan fingerprint density at radius 3 is 2.19 bits per heavy atom. The quantitative estimate of drug-likeness (QED) is 0.521. The molecular weight excluding hydrogens is 442 g/mol. The van der Waals surface area contributed by atoms with Gasteiger partial charge < -0.3 is 15.5 Å². The Morgan fingerprint density at radius 1 is 0.938 bits per heavy atom. The molecule has 0 fully saturated rings. The summed E-state index contributed by atoms with van der Waals surface area (Å²) in [5.74, 6) is 0.698. The van der Waals surface area contributed by atoms with Crippen molar-refractivity contribution in [2.24, 2.45) is 5.92 Å². The van der Waals surface area contributed by atoms with Gasteiger partial charge in [-0.05, 0) is 17.7 Å². The summed E-state index contributed by atoms with van der Waals surface area (Å²) in [6.45, 7) is 1.76. The number of nitrogens with zero attached hydrogens (tertiary/aromatic N) is 1. The van der Waals surface area contributed by atoms with Gasteiger partial charge in [0.05, 0.1) is 0 Å². The van der Waals surface area contributed by atoms with Gasteiger partial charge >= 0.3 is 0 Å². The number of carbonyl (C=O) groups is 3. The van der Waals surface area contributed by atoms with Crippen LogP contribution in [0.25, 0.3) is 0 Å². The standard InChI is InChI=1S/C24H31N3O3S2/c1-17(14-32-24(30)19-8-6-5-7-9-19)22(28)26-21(23(29)25-2)16-31-15-18-10-12-20(13-11-18)27(3)4/h5-13,17,21H,14-16H2,1-4H3,(H,25,29)(H,26,28)/t17-,21+/m1/s1. The highest BCUT2D eigenvalue weighted by molar-refractivity contribution is 8.14. The van der Waals surface area contributed by atoms with E-state index in [1.165, 1.54) is 0 Å². The van der Waals surface area contributed by atoms with Crippen LogP contribution in [0.3, 0.4) is 0 Å². The summed E-state index contributed by atoms with van der Waals surface area (Å²) in [5.41, 5.74) is 2.90. The number of hydrogen-bond donors (Lipinski definition) is 2. The van der Waals surface area contributed by atoms with Crippen LogP contribution in [0.1, 0.15) is 22.8 Å². The highest BCUT2D eigenvalue weighted by Crippen LogP contribution is 2.19. The normalized spacial score (nSPS) is 12.5. The van der Waals surface area contributed by atoms with Gasteiger partial charge in [0.2, 0.25) is 16.9 Å². The molecule has 2 aromatic rings. The molecule has 32 heavy (non-hydrogen) atoms. The lowest BCUT2D eigenvalue weighted by atomic mass is 10.2. The number of benzene rings is 2. The van der Waals surface area contributed by atoms with Crippen LogP contribution in [-0.4, -0.2) is 55.6 Å². The lowest BCUT2D eigenvalue weighted by Crippen LogP contribution is -2.49. The molecule has 0 aliphatic carbocycles. The van der Waals surface area contributed by atoms with E-state index < -0.39 is 12.0 Å². The predicted octanol–water partition coefficient (Wildman–Crippen LogP) is 3.43. The zero-order valence-electron chi connectivity index (χ0n) is 19.0. The fraction of sp³-hybridized carbons (Fsp3) is 0.375. The zero-order valence-corrected chi connectivity index (χ0v) is 20.6. The van der Waals surface area contributed by atoms with E-state index in [2.05, 4.69) is 34.9 Å². The average molecular weight is 474 g/mol. The largest absolute Gasteiger partial charge is 0.378 e. The molecule has 0 aliphatic heterocycles. The van der Waals surface area contributed by atoms with Gasteiger partial charge in [0, 0.05) is 55.6 Å². The van der Waals surface area contributed by atoms with Gasteiger partial charge in [0.25, 0.3) is 0 Å². The summed E-state index contributed by atoms with van der Waals surface area (Å²) < 4.78 is 0. The smallest absolute Gasteiger partial charge is 0.243 e. The lowest BCUT2D eigenvalue weighted by Gasteiger charge is -2.19. The molecule has 0 bridgehead atoms. The molecule has 0 spiro atoms. The Bertz CT molecular complexity index is 889. The number of anilines is 1. The van der Waals surface area contributed by atoms with Gasteiger partial charge in [-0.3, -0.25) is 14.4 Å². The molecule has 8 heteroatoms. The molecule has 2 amide bonds. The highest BCUT2D eigenvalue weighted by atomic mass is 32.2. The van der Waals surface area contributed by atoms with Gasteiger partial charge in [0.15, 0.2) is 0 Å². The molecule has 2 rings (SSSR count). The maximum Gasteiger partial charge on any atom is 0.243 e. The molecule has 0 aromatic heterocycles. The predicted molar refractivity (Wildman–Crippen MR) is 135 cm³/mol. The van der Waals surface area contributed by atoms with Gasteiger partial charge in [-0.25, -0.2) is 0 Å². The Morgan fingerprint density at radius 2 is 1.59 bits per heavy atom. The van der Waals surface area contributed by atoms with Crippen LogP contribution in [0.5, 0.6) is 0 Å². The van der Waals surface area contributed by atoms with E-state index in [4.69, 9.17) is 0 Å². The third-order valence-corrected chi connectivity index (χ3v) is 7.08. The fourth-order valence-electron chi connectivity index (χ4n) is 2.79. The van der Waals surface area contributed by atoms with Crippen molar-refractivity contribution in [1.29, 1.82) is 0 Å². The Labute approximate surface area is 198 Å². The SMILES string of the molecule is CNC(=O)[C@H](CSCc1ccc(N(C)C)cc1)NC(=O)[C@H](C)CSC(=O)c1ccccc1. The van der Waals surface area contributed by atoms with Crippen molar-refractivity contribution in [2.45, 2.75) is 18.7 Å². The zero-order chi connectivity index (χ0) is 23.5. The number of likely N-dealkylation sites (N-methyl/N-ethyl adjacent to an activating group) is 1. The molecule has 0 heterocycles. The second-order valence-electron chi connectivity index (χ2n) is 7.62. The number of thioether (sulfide) groups is 2. The van der Waals surface area contributed by atoms with Gasteiger partial charge in [-0.2, -0.15) is 11.8 Å². The minimum atomic E-state index is -0.629. The Balaban J connectivity index is 1.84. The van der Waals surface area contributed by atoms with Crippen molar-refractivity contribution in [3.63, 3.8) is 0 Å². The number of nitrogens with one attached hydrogen (secondary N) is 2. The molecule has 2 atom stereocenters. The second-order valence-corrected chi connectivity index (χ2v) is 9.64. The van der Waals surface area contributed by atoms with E-state index in [1.807, 2.05) is 37.2 Å². The third-order valence-electron chi connectivity index (χ3n) is 4.81. The minimum absolute atomic E-state index is 0.0658. The molecule has 0 saturated heterocycles. The van der Waals surface area contributed by atoms with Crippen LogP contribution in [0, 0.1) is 5.92 Å². The number of carbonyl (C=O) groups excluding carboxylic acids is 3. The molecule has 2 N–H and O–H groups in total. The summed E-state index contributed by atoms with van der Waals surface area (Å²) in [7, 11) is 5.55. The van der Waals surface area contributed by atoms with Crippen LogP contribution in [0.2, 0.25) is 0 Å². The summed E-state index contributed by atoms with van der Waals surface area (Å²) in [6.07, 6.45) is 0. The van der Waals surface area contributed by atoms with Crippen LogP contribution in [0.15, 0.2) is 54.6 Å². The minimum Gasteiger partial charge on any atom is -0.378 e. The van der Waals surface area contributed by atoms with Crippen molar-refractivity contribution >= 4 is 46.1 Å². The molecule has 0 unspecified atom stereocenters. The van der Waals surface area contributed by atoms with E-state index in [9.17, 15) is 14.4 Å². The first kappa shape index (κ1) is 25.8. The lowest BCUT2D eigenvalue weighted by molar-refractivity contribution is -0.129. The summed E-state index contributed by atoms with van der Waals surface area (Å²) in [5, 5.41) is 5.39. The van der Waals surface area contributed by atoms with Crippen LogP contribution in [0.4, 0.5) is 5.69 Å². The molecule has 6 nitrogen and oxygen atoms in total. The first-order valence-corrected chi connectivity index (χ1v) is 12.5. The van der Waals surface area contributed by atoms with Gasteiger partial charge in [-0.1, -0.05) is 61.2 Å². The van der Waals surface area contributed by atoms with E-state index in [1.54, 1.807) is 37.9 Å². The van der Waals surface area contributed by atoms with Crippen molar-refractivity contribution in [1.82, 2.24) is 10.6 Å². The van der Waals surface area contributed by atoms with E-state index in [0.29, 0.717) is 17.1 Å². The maximum absolute atomic E-state index is 12.6. The summed E-state index contributed by atoms with van der Waals surface area (Å²) in [6, 6.07) is 16.6. The third kappa shape index (κ3) is 8.24. The highest BCUT2D eigenvalue weighted by Gasteiger charge is 2.23. The first-order valence-electron chi connectivity index (χ1n) is 10.4. The molecule has 0 saturated carbocycles. The molecular formula is C24H31N3O3S2. The number of rotatable bonds is 11. The van der Waals surface area contributed by atoms with Crippen molar-refractivity contribution < 1.29 is 14.4 Å². The fourth-order valence-corrected chi connectivity index (χ4v) is 4.66. The monoisotopic (exact) mass is 473 g/mol. The van der Waals surface area contributed by atoms with E-state index in [-0.39, 0.29) is 16.9 Å². The van der Waals surface area contributed by atoms with Crippen molar-refractivity contribution in [3.05, 3.63) is 65.7 Å². The molecule has 2 aromatic carbocycles. The number of hydrogen-bond acceptors (Lipinski definition) is 6. The molecule has 0 aliphatic rings. The molecule has 172 valence electrons. The van der Waals surface area contributed by atoms with E-state index in [0.717, 1.165) is 28.8 Å². The average Bonchev–Trinajstić information content (AvgIpc) is 2.81. The topological polar surface area (TPSA) is 78.5 Å². The van der Waals surface area contributed by atoms with Crippen LogP contribution < -0.4 is 15.5 Å². The number of amides is 2.